The smallest absolute Gasteiger partial charge is 0.430 e. The second kappa shape index (κ2) is 9.57. The lowest BCUT2D eigenvalue weighted by Gasteiger charge is -2.35. The van der Waals surface area contributed by atoms with E-state index in [0.717, 1.165) is 29.6 Å². The molecule has 0 aliphatic carbocycles. The minimum atomic E-state index is -5.19. The summed E-state index contributed by atoms with van der Waals surface area (Å²) in [5.41, 5.74) is 2.72. The Labute approximate surface area is 187 Å². The van der Waals surface area contributed by atoms with E-state index in [9.17, 15) is 18.0 Å². The molecule has 11 heteroatoms. The van der Waals surface area contributed by atoms with Crippen LogP contribution in [0.3, 0.4) is 0 Å². The number of alkyl halides is 3. The molecule has 0 spiro atoms. The summed E-state index contributed by atoms with van der Waals surface area (Å²) < 4.78 is 39.2. The lowest BCUT2D eigenvalue weighted by Crippen LogP contribution is -2.47. The van der Waals surface area contributed by atoms with Crippen LogP contribution in [0.5, 0.6) is 0 Å². The van der Waals surface area contributed by atoms with E-state index >= 15 is 0 Å². The molecule has 1 saturated heterocycles. The third kappa shape index (κ3) is 6.07. The van der Waals surface area contributed by atoms with Gasteiger partial charge < -0.3 is 20.0 Å². The molecular weight excluding hydrogens is 441 g/mol. The van der Waals surface area contributed by atoms with E-state index in [1.54, 1.807) is 0 Å². The van der Waals surface area contributed by atoms with E-state index < -0.39 is 12.1 Å². The molecule has 8 nitrogen and oxygen atoms in total. The summed E-state index contributed by atoms with van der Waals surface area (Å²) in [7, 11) is 0. The highest BCUT2D eigenvalue weighted by atomic mass is 19.4. The van der Waals surface area contributed by atoms with E-state index in [0.29, 0.717) is 12.4 Å². The largest absolute Gasteiger partial charge is 0.542 e. The summed E-state index contributed by atoms with van der Waals surface area (Å²) in [6.45, 7) is 4.80. The summed E-state index contributed by atoms with van der Waals surface area (Å²) >= 11 is 0. The van der Waals surface area contributed by atoms with Crippen molar-refractivity contribution >= 4 is 17.4 Å². The summed E-state index contributed by atoms with van der Waals surface area (Å²) in [5, 5.41) is 12.0. The van der Waals surface area contributed by atoms with Crippen molar-refractivity contribution in [3.8, 4) is 11.3 Å². The van der Waals surface area contributed by atoms with Crippen molar-refractivity contribution in [3.63, 3.8) is 0 Å². The van der Waals surface area contributed by atoms with Crippen LogP contribution in [0.25, 0.3) is 16.8 Å². The highest BCUT2D eigenvalue weighted by Gasteiger charge is 2.33. The molecular formula is C22H24F3N4O4+. The number of carbonyl (C=O) groups is 2. The maximum atomic E-state index is 13.0. The van der Waals surface area contributed by atoms with Crippen molar-refractivity contribution in [1.82, 2.24) is 10.3 Å². The molecule has 33 heavy (non-hydrogen) atoms. The highest BCUT2D eigenvalue weighted by molar-refractivity contribution is 5.91. The number of rotatable bonds is 3. The molecule has 3 N–H and O–H groups in total. The Kier molecular flexibility index (Phi) is 7.01. The van der Waals surface area contributed by atoms with Gasteiger partial charge in [-0.25, -0.2) is 9.97 Å². The zero-order valence-corrected chi connectivity index (χ0v) is 18.0. The lowest BCUT2D eigenvalue weighted by atomic mass is 9.94. The number of aromatic nitrogens is 3. The topological polar surface area (TPSA) is 112 Å². The minimum absolute atomic E-state index is 0.0948. The Morgan fingerprint density at radius 2 is 1.91 bits per heavy atom. The quantitative estimate of drug-likeness (QED) is 0.567. The van der Waals surface area contributed by atoms with Crippen molar-refractivity contribution in [2.45, 2.75) is 44.5 Å². The third-order valence-electron chi connectivity index (χ3n) is 5.09. The number of fused-ring (bicyclic) bond motifs is 1. The number of halogens is 3. The fourth-order valence-corrected chi connectivity index (χ4v) is 3.63. The summed E-state index contributed by atoms with van der Waals surface area (Å²) in [6.07, 6.45) is 2.11. The van der Waals surface area contributed by atoms with Gasteiger partial charge in [-0.2, -0.15) is 17.6 Å². The number of amides is 1. The number of hydrogen-bond acceptors (Lipinski definition) is 4. The van der Waals surface area contributed by atoms with Gasteiger partial charge in [-0.15, -0.1) is 0 Å². The van der Waals surface area contributed by atoms with Crippen molar-refractivity contribution in [2.24, 2.45) is 0 Å². The van der Waals surface area contributed by atoms with E-state index in [1.807, 2.05) is 53.3 Å². The first-order valence-corrected chi connectivity index (χ1v) is 10.2. The number of nitrogens with zero attached hydrogens (tertiary/aromatic N) is 1. The van der Waals surface area contributed by atoms with Crippen LogP contribution in [0.15, 0.2) is 48.9 Å². The van der Waals surface area contributed by atoms with E-state index in [4.69, 9.17) is 14.6 Å². The molecule has 1 atom stereocenters. The predicted octanol–water partition coefficient (Wildman–Crippen LogP) is 1.22. The number of nitrogens with one attached hydrogen (secondary N) is 3. The maximum absolute atomic E-state index is 13.0. The number of H-pyrrole nitrogens is 2. The number of carbonyl (C=O) groups excluding carboxylic acids is 2. The van der Waals surface area contributed by atoms with Gasteiger partial charge in [0.05, 0.1) is 11.8 Å². The second-order valence-corrected chi connectivity index (χ2v) is 8.15. The molecule has 1 aliphatic heterocycles. The first-order valence-electron chi connectivity index (χ1n) is 10.2. The fraction of sp³-hybridized carbons (Fsp3) is 0.364. The van der Waals surface area contributed by atoms with Crippen LogP contribution in [0.1, 0.15) is 37.3 Å². The van der Waals surface area contributed by atoms with Gasteiger partial charge in [0.25, 0.3) is 0 Å². The van der Waals surface area contributed by atoms with Gasteiger partial charge in [-0.1, -0.05) is 6.07 Å². The molecule has 1 fully saturated rings. The zero-order chi connectivity index (χ0) is 24.2. The molecule has 3 aromatic rings. The molecule has 1 amide bonds. The Morgan fingerprint density at radius 1 is 1.24 bits per heavy atom. The fourth-order valence-electron chi connectivity index (χ4n) is 3.63. The Morgan fingerprint density at radius 3 is 2.52 bits per heavy atom. The second-order valence-electron chi connectivity index (χ2n) is 8.15. The molecule has 4 rings (SSSR count). The number of pyridine rings is 2. The van der Waals surface area contributed by atoms with Crippen molar-refractivity contribution in [2.75, 3.05) is 6.61 Å². The molecule has 3 aromatic heterocycles. The summed E-state index contributed by atoms with van der Waals surface area (Å²) in [6, 6.07) is 10.0. The van der Waals surface area contributed by atoms with Gasteiger partial charge in [0.1, 0.15) is 5.97 Å². The van der Waals surface area contributed by atoms with E-state index in [-0.39, 0.29) is 17.6 Å². The Bertz CT molecular complexity index is 1130. The Hall–Kier alpha value is -3.47. The number of hydrogen-bond donors (Lipinski definition) is 2. The number of aliphatic carboxylic acids is 1. The van der Waals surface area contributed by atoms with Crippen LogP contribution < -0.4 is 19.8 Å². The molecule has 0 radical (unpaired) electrons. The first kappa shape index (κ1) is 24.2. The van der Waals surface area contributed by atoms with Crippen LogP contribution >= 0.6 is 0 Å². The molecule has 1 unspecified atom stereocenters. The molecule has 0 aromatic carbocycles. The maximum Gasteiger partial charge on any atom is 0.430 e. The van der Waals surface area contributed by atoms with Gasteiger partial charge in [0.15, 0.2) is 23.6 Å². The number of imidazole rings is 1. The van der Waals surface area contributed by atoms with Crippen LogP contribution in [0.2, 0.25) is 0 Å². The van der Waals surface area contributed by atoms with E-state index in [1.165, 1.54) is 0 Å². The number of aromatic amines is 2. The highest BCUT2D eigenvalue weighted by Crippen LogP contribution is 2.24. The molecule has 4 heterocycles. The molecule has 0 saturated carbocycles. The van der Waals surface area contributed by atoms with Crippen molar-refractivity contribution < 1.29 is 42.0 Å². The van der Waals surface area contributed by atoms with Crippen LogP contribution in [-0.4, -0.2) is 41.3 Å². The standard InChI is InChI=1S/C20H22N4O2.C2HF3O2/c1-20(2)13-15(8-12-26-20)22-19(25)18-23-17(14-6-9-21-10-7-14)16-5-3-4-11-24(16)18;3-2(4,5)1(6)7/h3-7,9-11,15H,8,12-13H2,1-2H3,(H,22,25);(H,6,7)/p+1. The van der Waals surface area contributed by atoms with Gasteiger partial charge in [0.2, 0.25) is 0 Å². The zero-order valence-electron chi connectivity index (χ0n) is 18.0. The SMILES string of the molecule is CC1(C)CC(NC(=O)c2[nH]c(-c3cc[nH+]cc3)c3cccc[n+]23)CCO1.O=C([O-])C(F)(F)F. The normalized spacial score (nSPS) is 17.7. The van der Waals surface area contributed by atoms with Crippen LogP contribution in [0, 0.1) is 0 Å². The summed E-state index contributed by atoms with van der Waals surface area (Å²) in [4.78, 5) is 28.1. The average molecular weight is 465 g/mol. The van der Waals surface area contributed by atoms with Crippen LogP contribution in [0.4, 0.5) is 13.2 Å². The van der Waals surface area contributed by atoms with Crippen LogP contribution in [-0.2, 0) is 9.53 Å². The average Bonchev–Trinajstić information content (AvgIpc) is 3.13. The van der Waals surface area contributed by atoms with Crippen molar-refractivity contribution in [3.05, 3.63) is 54.7 Å². The molecule has 0 bridgehead atoms. The Balaban J connectivity index is 0.000000383. The monoisotopic (exact) mass is 465 g/mol. The predicted molar refractivity (Wildman–Crippen MR) is 108 cm³/mol. The minimum Gasteiger partial charge on any atom is -0.542 e. The van der Waals surface area contributed by atoms with Gasteiger partial charge >= 0.3 is 17.9 Å². The first-order chi connectivity index (χ1) is 15.5. The lowest BCUT2D eigenvalue weighted by molar-refractivity contribution is -0.514. The number of carboxylic acid groups (broad SMARTS) is 1. The number of ether oxygens (including phenoxy) is 1. The van der Waals surface area contributed by atoms with Crippen molar-refractivity contribution in [1.29, 1.82) is 0 Å². The summed E-state index contributed by atoms with van der Waals surface area (Å²) in [5.74, 6) is -2.57. The van der Waals surface area contributed by atoms with Gasteiger partial charge in [-0.3, -0.25) is 4.79 Å². The van der Waals surface area contributed by atoms with E-state index in [2.05, 4.69) is 29.1 Å². The molecule has 1 aliphatic rings. The van der Waals surface area contributed by atoms with Gasteiger partial charge in [0, 0.05) is 30.3 Å². The third-order valence-corrected chi connectivity index (χ3v) is 5.09. The molecule has 176 valence electrons. The van der Waals surface area contributed by atoms with Gasteiger partial charge in [-0.05, 0) is 38.8 Å². The number of carboxylic acids is 1.